The van der Waals surface area contributed by atoms with Gasteiger partial charge in [-0.15, -0.1) is 0 Å². The van der Waals surface area contributed by atoms with Crippen LogP contribution in [0, 0.1) is 10.8 Å². The van der Waals surface area contributed by atoms with Crippen molar-refractivity contribution in [1.82, 2.24) is 0 Å². The number of carbonyl (C=O) groups is 2. The SMILES string of the molecule is C=C1CC[C@](C)(C(=O)C(=O)OC)C1(C)C. The van der Waals surface area contributed by atoms with E-state index in [0.717, 1.165) is 12.0 Å². The lowest BCUT2D eigenvalue weighted by molar-refractivity contribution is -0.158. The molecule has 1 aliphatic rings. The van der Waals surface area contributed by atoms with Crippen LogP contribution >= 0.6 is 0 Å². The maximum absolute atomic E-state index is 11.9. The Bertz CT molecular complexity index is 328. The summed E-state index contributed by atoms with van der Waals surface area (Å²) < 4.78 is 4.50. The normalized spacial score (nSPS) is 28.9. The molecule has 0 unspecified atom stereocenters. The van der Waals surface area contributed by atoms with Gasteiger partial charge < -0.3 is 4.74 Å². The quantitative estimate of drug-likeness (QED) is 0.398. The van der Waals surface area contributed by atoms with Crippen LogP contribution in [0.4, 0.5) is 0 Å². The van der Waals surface area contributed by atoms with E-state index in [-0.39, 0.29) is 5.41 Å². The Labute approximate surface area is 90.5 Å². The fourth-order valence-electron chi connectivity index (χ4n) is 2.13. The lowest BCUT2D eigenvalue weighted by atomic mass is 9.65. The number of rotatable bonds is 2. The molecule has 0 bridgehead atoms. The number of esters is 1. The van der Waals surface area contributed by atoms with Crippen molar-refractivity contribution >= 4 is 11.8 Å². The van der Waals surface area contributed by atoms with Gasteiger partial charge in [0.2, 0.25) is 5.78 Å². The van der Waals surface area contributed by atoms with Crippen molar-refractivity contribution in [2.45, 2.75) is 33.6 Å². The van der Waals surface area contributed by atoms with Gasteiger partial charge >= 0.3 is 5.97 Å². The van der Waals surface area contributed by atoms with Crippen LogP contribution < -0.4 is 0 Å². The molecule has 0 N–H and O–H groups in total. The highest BCUT2D eigenvalue weighted by Gasteiger charge is 2.54. The highest BCUT2D eigenvalue weighted by atomic mass is 16.5. The Morgan fingerprint density at radius 3 is 2.20 bits per heavy atom. The van der Waals surface area contributed by atoms with Crippen molar-refractivity contribution in [2.24, 2.45) is 10.8 Å². The first-order valence-corrected chi connectivity index (χ1v) is 5.08. The number of ether oxygens (including phenoxy) is 1. The van der Waals surface area contributed by atoms with Crippen molar-refractivity contribution < 1.29 is 14.3 Å². The van der Waals surface area contributed by atoms with Crippen molar-refractivity contribution in [3.63, 3.8) is 0 Å². The number of hydrogen-bond acceptors (Lipinski definition) is 3. The fraction of sp³-hybridized carbons (Fsp3) is 0.667. The first-order chi connectivity index (χ1) is 6.77. The van der Waals surface area contributed by atoms with Crippen molar-refractivity contribution in [2.75, 3.05) is 7.11 Å². The van der Waals surface area contributed by atoms with Gasteiger partial charge in [-0.25, -0.2) is 4.79 Å². The van der Waals surface area contributed by atoms with Gasteiger partial charge in [0.15, 0.2) is 0 Å². The topological polar surface area (TPSA) is 43.4 Å². The number of hydrogen-bond donors (Lipinski definition) is 0. The Balaban J connectivity index is 3.08. The molecule has 1 fully saturated rings. The molecule has 0 aromatic rings. The smallest absolute Gasteiger partial charge is 0.374 e. The molecule has 0 aliphatic heterocycles. The van der Waals surface area contributed by atoms with Crippen molar-refractivity contribution in [1.29, 1.82) is 0 Å². The first kappa shape index (κ1) is 12.0. The predicted molar refractivity (Wildman–Crippen MR) is 57.3 cm³/mol. The molecule has 1 rings (SSSR count). The average molecular weight is 210 g/mol. The number of Topliss-reactive ketones (excluding diaryl/α,β-unsaturated/α-hetero) is 1. The van der Waals surface area contributed by atoms with Gasteiger partial charge in [0.25, 0.3) is 0 Å². The number of carbonyl (C=O) groups excluding carboxylic acids is 2. The van der Waals surface area contributed by atoms with E-state index in [9.17, 15) is 9.59 Å². The third-order valence-corrected chi connectivity index (χ3v) is 4.06. The molecular formula is C12H18O3. The average Bonchev–Trinajstić information content (AvgIpc) is 2.41. The standard InChI is InChI=1S/C12H18O3/c1-8-6-7-12(4,11(8,2)3)9(13)10(14)15-5/h1,6-7H2,2-5H3/t12-/m1/s1. The molecule has 0 saturated heterocycles. The van der Waals surface area contributed by atoms with E-state index in [4.69, 9.17) is 0 Å². The van der Waals surface area contributed by atoms with Gasteiger partial charge in [-0.2, -0.15) is 0 Å². The monoisotopic (exact) mass is 210 g/mol. The molecule has 0 aromatic heterocycles. The van der Waals surface area contributed by atoms with Crippen LogP contribution in [0.15, 0.2) is 12.2 Å². The Kier molecular flexibility index (Phi) is 2.77. The van der Waals surface area contributed by atoms with E-state index < -0.39 is 17.2 Å². The zero-order valence-electron chi connectivity index (χ0n) is 9.85. The minimum Gasteiger partial charge on any atom is -0.463 e. The van der Waals surface area contributed by atoms with Crippen LogP contribution in [-0.4, -0.2) is 18.9 Å². The second-order valence-corrected chi connectivity index (χ2v) is 4.88. The second kappa shape index (κ2) is 3.47. The highest BCUT2D eigenvalue weighted by Crippen LogP contribution is 2.55. The molecule has 3 heteroatoms. The summed E-state index contributed by atoms with van der Waals surface area (Å²) in [6.07, 6.45) is 1.47. The van der Waals surface area contributed by atoms with Gasteiger partial charge in [0, 0.05) is 5.41 Å². The molecule has 0 heterocycles. The Morgan fingerprint density at radius 1 is 1.33 bits per heavy atom. The molecular weight excluding hydrogens is 192 g/mol. The largest absolute Gasteiger partial charge is 0.463 e. The lowest BCUT2D eigenvalue weighted by Crippen LogP contribution is -2.42. The van der Waals surface area contributed by atoms with Crippen molar-refractivity contribution in [3.8, 4) is 0 Å². The maximum atomic E-state index is 11.9. The summed E-state index contributed by atoms with van der Waals surface area (Å²) in [5.41, 5.74) is 0.0254. The molecule has 0 aromatic carbocycles. The maximum Gasteiger partial charge on any atom is 0.374 e. The summed E-state index contributed by atoms with van der Waals surface area (Å²) in [6.45, 7) is 9.71. The van der Waals surface area contributed by atoms with Crippen LogP contribution in [-0.2, 0) is 14.3 Å². The van der Waals surface area contributed by atoms with E-state index in [1.165, 1.54) is 7.11 Å². The van der Waals surface area contributed by atoms with Crippen LogP contribution in [0.3, 0.4) is 0 Å². The van der Waals surface area contributed by atoms with Gasteiger partial charge in [0.05, 0.1) is 7.11 Å². The van der Waals surface area contributed by atoms with Gasteiger partial charge in [-0.1, -0.05) is 32.9 Å². The summed E-state index contributed by atoms with van der Waals surface area (Å²) in [6, 6.07) is 0. The lowest BCUT2D eigenvalue weighted by Gasteiger charge is -2.36. The molecule has 0 radical (unpaired) electrons. The molecule has 1 aliphatic carbocycles. The molecule has 84 valence electrons. The summed E-state index contributed by atoms with van der Waals surface area (Å²) >= 11 is 0. The number of ketones is 1. The zero-order valence-corrected chi connectivity index (χ0v) is 9.85. The number of methoxy groups -OCH3 is 1. The molecule has 1 saturated carbocycles. The zero-order chi connectivity index (χ0) is 11.9. The van der Waals surface area contributed by atoms with Gasteiger partial charge in [-0.3, -0.25) is 4.79 Å². The van der Waals surface area contributed by atoms with Crippen molar-refractivity contribution in [3.05, 3.63) is 12.2 Å². The third kappa shape index (κ3) is 1.50. The van der Waals surface area contributed by atoms with Crippen LogP contribution in [0.1, 0.15) is 33.6 Å². The minimum absolute atomic E-state index is 0.335. The Hall–Kier alpha value is -1.12. The summed E-state index contributed by atoms with van der Waals surface area (Å²) in [5, 5.41) is 0. The molecule has 15 heavy (non-hydrogen) atoms. The van der Waals surface area contributed by atoms with E-state index in [1.807, 2.05) is 20.8 Å². The summed E-state index contributed by atoms with van der Waals surface area (Å²) in [4.78, 5) is 23.2. The van der Waals surface area contributed by atoms with Gasteiger partial charge in [-0.05, 0) is 18.3 Å². The molecule has 1 atom stereocenters. The van der Waals surface area contributed by atoms with Gasteiger partial charge in [0.1, 0.15) is 0 Å². The van der Waals surface area contributed by atoms with Crippen LogP contribution in [0.5, 0.6) is 0 Å². The third-order valence-electron chi connectivity index (χ3n) is 4.06. The van der Waals surface area contributed by atoms with E-state index in [2.05, 4.69) is 11.3 Å². The van der Waals surface area contributed by atoms with Crippen LogP contribution in [0.2, 0.25) is 0 Å². The second-order valence-electron chi connectivity index (χ2n) is 4.88. The molecule has 0 amide bonds. The fourth-order valence-corrected chi connectivity index (χ4v) is 2.13. The molecule has 3 nitrogen and oxygen atoms in total. The van der Waals surface area contributed by atoms with E-state index in [1.54, 1.807) is 0 Å². The van der Waals surface area contributed by atoms with E-state index in [0.29, 0.717) is 6.42 Å². The summed E-state index contributed by atoms with van der Waals surface area (Å²) in [7, 11) is 1.24. The van der Waals surface area contributed by atoms with E-state index >= 15 is 0 Å². The Morgan fingerprint density at radius 2 is 1.87 bits per heavy atom. The predicted octanol–water partition coefficient (Wildman–Crippen LogP) is 2.11. The minimum atomic E-state index is -0.750. The summed E-state index contributed by atoms with van der Waals surface area (Å²) in [5.74, 6) is -1.19. The van der Waals surface area contributed by atoms with Crippen LogP contribution in [0.25, 0.3) is 0 Å². The number of allylic oxidation sites excluding steroid dienone is 1. The first-order valence-electron chi connectivity index (χ1n) is 5.08. The highest BCUT2D eigenvalue weighted by molar-refractivity contribution is 6.36. The molecule has 0 spiro atoms.